The first-order chi connectivity index (χ1) is 50.6. The number of aromatic nitrogens is 3. The summed E-state index contributed by atoms with van der Waals surface area (Å²) in [6, 6.07) is 49.7. The van der Waals surface area contributed by atoms with E-state index in [1.807, 2.05) is 133 Å². The lowest BCUT2D eigenvalue weighted by molar-refractivity contribution is 0.0516. The number of anilines is 1. The summed E-state index contributed by atoms with van der Waals surface area (Å²) in [7, 11) is 0. The molecule has 0 fully saturated rings. The SMILES string of the molecule is CCCCCCC(CCCCCC)N1C(=O)c2ccc3c4ccc5c6c(ccc(c7ccc(c2c37)C1=O)c64)C(=O)N(c1ccc(-c2cc(-c3cc(-c4cc(-c6ccc(OCC[C@@H](C)CCCC(C)C)cc6)no4)cc(-c4cc(-c6ccc(OCC[C@@H](C)CCCC(C)C)cc6)no4)c3)on2)cc1)C5=O. The second-order valence-corrected chi connectivity index (χ2v) is 30.2. The highest BCUT2D eigenvalue weighted by molar-refractivity contribution is 6.43. The lowest BCUT2D eigenvalue weighted by atomic mass is 9.82. The molecule has 534 valence electrons. The van der Waals surface area contributed by atoms with E-state index in [1.165, 1.54) is 43.4 Å². The third-order valence-corrected chi connectivity index (χ3v) is 21.6. The summed E-state index contributed by atoms with van der Waals surface area (Å²) in [5.41, 5.74) is 8.68. The van der Waals surface area contributed by atoms with Crippen molar-refractivity contribution in [3.8, 4) is 79.2 Å². The zero-order valence-electron chi connectivity index (χ0n) is 61.5. The monoisotopic (exact) mass is 1390 g/mol. The maximum atomic E-state index is 15.0. The highest BCUT2D eigenvalue weighted by atomic mass is 16.5. The predicted molar refractivity (Wildman–Crippen MR) is 416 cm³/mol. The van der Waals surface area contributed by atoms with E-state index >= 15 is 0 Å². The van der Waals surface area contributed by atoms with Gasteiger partial charge in [-0.15, -0.1) is 0 Å². The van der Waals surface area contributed by atoms with E-state index in [9.17, 15) is 19.2 Å². The Morgan fingerprint density at radius 3 is 1.06 bits per heavy atom. The van der Waals surface area contributed by atoms with Crippen LogP contribution < -0.4 is 14.4 Å². The van der Waals surface area contributed by atoms with Gasteiger partial charge in [0.15, 0.2) is 17.3 Å². The molecule has 5 heterocycles. The zero-order valence-corrected chi connectivity index (χ0v) is 61.5. The van der Waals surface area contributed by atoms with Crippen molar-refractivity contribution < 1.29 is 42.2 Å². The maximum Gasteiger partial charge on any atom is 0.265 e. The molecule has 0 N–H and O–H groups in total. The topological polar surface area (TPSA) is 171 Å². The van der Waals surface area contributed by atoms with Crippen molar-refractivity contribution in [3.63, 3.8) is 0 Å². The first kappa shape index (κ1) is 70.8. The van der Waals surface area contributed by atoms with E-state index in [0.29, 0.717) is 120 Å². The van der Waals surface area contributed by atoms with Gasteiger partial charge in [0.25, 0.3) is 23.6 Å². The second kappa shape index (κ2) is 31.4. The molecule has 4 amide bonds. The van der Waals surface area contributed by atoms with Gasteiger partial charge in [0.1, 0.15) is 28.6 Å². The van der Waals surface area contributed by atoms with Crippen molar-refractivity contribution in [3.05, 3.63) is 180 Å². The molecule has 3 aromatic heterocycles. The van der Waals surface area contributed by atoms with Crippen LogP contribution in [0.4, 0.5) is 5.69 Å². The number of carbonyl (C=O) groups excluding carboxylic acids is 4. The fourth-order valence-corrected chi connectivity index (χ4v) is 15.6. The Balaban J connectivity index is 0.716. The van der Waals surface area contributed by atoms with Gasteiger partial charge in [-0.05, 0) is 185 Å². The normalized spacial score (nSPS) is 13.8. The van der Waals surface area contributed by atoms with Gasteiger partial charge in [0.2, 0.25) is 0 Å². The number of unbranched alkanes of at least 4 members (excludes halogenated alkanes) is 6. The van der Waals surface area contributed by atoms with Crippen LogP contribution in [0, 0.1) is 23.7 Å². The summed E-state index contributed by atoms with van der Waals surface area (Å²) >= 11 is 0. The summed E-state index contributed by atoms with van der Waals surface area (Å²) in [6.07, 6.45) is 19.6. The van der Waals surface area contributed by atoms with Crippen LogP contribution in [-0.2, 0) is 0 Å². The minimum absolute atomic E-state index is 0.171. The third kappa shape index (κ3) is 14.7. The summed E-state index contributed by atoms with van der Waals surface area (Å²) in [6.45, 7) is 19.4. The van der Waals surface area contributed by atoms with E-state index in [4.69, 9.17) is 23.0 Å². The second-order valence-electron chi connectivity index (χ2n) is 30.2. The number of hydrogen-bond donors (Lipinski definition) is 0. The summed E-state index contributed by atoms with van der Waals surface area (Å²) in [5.74, 6) is 4.42. The molecule has 14 nitrogen and oxygen atoms in total. The predicted octanol–water partition coefficient (Wildman–Crippen LogP) is 23.9. The van der Waals surface area contributed by atoms with Crippen LogP contribution >= 0.6 is 0 Å². The summed E-state index contributed by atoms with van der Waals surface area (Å²) in [4.78, 5) is 62.3. The fraction of sp³-hybridized carbons (Fsp3) is 0.367. The number of rotatable bonds is 34. The number of fused-ring (bicyclic) bond motifs is 2. The minimum Gasteiger partial charge on any atom is -0.494 e. The molecule has 9 aromatic carbocycles. The van der Waals surface area contributed by atoms with E-state index in [0.717, 1.165) is 144 Å². The first-order valence-corrected chi connectivity index (χ1v) is 38.2. The number of ether oxygens (including phenoxy) is 2. The molecule has 14 rings (SSSR count). The van der Waals surface area contributed by atoms with E-state index in [1.54, 1.807) is 29.2 Å². The van der Waals surface area contributed by atoms with Crippen LogP contribution in [0.2, 0.25) is 0 Å². The molecule has 0 bridgehead atoms. The molecule has 14 heteroatoms. The van der Waals surface area contributed by atoms with Crippen molar-refractivity contribution in [1.29, 1.82) is 0 Å². The largest absolute Gasteiger partial charge is 0.494 e. The fourth-order valence-electron chi connectivity index (χ4n) is 15.6. The Hall–Kier alpha value is -10.2. The van der Waals surface area contributed by atoms with Gasteiger partial charge in [-0.25, -0.2) is 4.90 Å². The minimum atomic E-state index is -0.445. The number of carbonyl (C=O) groups is 4. The molecule has 0 spiro atoms. The molecule has 12 aromatic rings. The number of benzene rings is 9. The van der Waals surface area contributed by atoms with Gasteiger partial charge in [-0.2, -0.15) is 0 Å². The molecule has 0 saturated carbocycles. The number of hydrogen-bond acceptors (Lipinski definition) is 12. The van der Waals surface area contributed by atoms with Gasteiger partial charge in [0.05, 0.1) is 18.9 Å². The highest BCUT2D eigenvalue weighted by Gasteiger charge is 2.40. The molecular formula is C90H95N5O9. The maximum absolute atomic E-state index is 15.0. The number of amides is 4. The van der Waals surface area contributed by atoms with Crippen LogP contribution in [0.5, 0.6) is 11.5 Å². The molecule has 2 aliphatic heterocycles. The van der Waals surface area contributed by atoms with Crippen LogP contribution in [0.1, 0.15) is 212 Å². The number of nitrogens with zero attached hydrogens (tertiary/aromatic N) is 5. The van der Waals surface area contributed by atoms with E-state index in [-0.39, 0.29) is 17.9 Å². The summed E-state index contributed by atoms with van der Waals surface area (Å²) < 4.78 is 30.8. The summed E-state index contributed by atoms with van der Waals surface area (Å²) in [5, 5.41) is 19.9. The van der Waals surface area contributed by atoms with Crippen molar-refractivity contribution in [2.24, 2.45) is 23.7 Å². The molecule has 104 heavy (non-hydrogen) atoms. The van der Waals surface area contributed by atoms with E-state index in [2.05, 4.69) is 70.9 Å². The van der Waals surface area contributed by atoms with Crippen molar-refractivity contribution in [2.45, 2.75) is 177 Å². The van der Waals surface area contributed by atoms with Gasteiger partial charge in [-0.1, -0.05) is 197 Å². The van der Waals surface area contributed by atoms with Crippen molar-refractivity contribution in [2.75, 3.05) is 18.1 Å². The lowest BCUT2D eigenvalue weighted by Gasteiger charge is -2.35. The Morgan fingerprint density at radius 2 is 0.702 bits per heavy atom. The lowest BCUT2D eigenvalue weighted by Crippen LogP contribution is -2.47. The third-order valence-electron chi connectivity index (χ3n) is 21.6. The molecular weight excluding hydrogens is 1300 g/mol. The molecule has 0 saturated heterocycles. The standard InChI is InChI=1S/C90H95N5O9/c1-9-11-13-15-23-65(24-16-14-12-10-2)94-87(96)73-41-37-69-71-39-43-75-86-76(44-40-72(84(71)86)70-38-42-74(88(94)97)85(73)83(69)70)90(99)95(89(75)98)66-31-25-59(26-32-66)77-52-80(102-91-77)62-49-63(81-53-78(92-103-81)60-27-33-67(34-28-60)100-47-45-57(7)21-17-19-55(3)4)51-64(50-62)82-54-79(93-104-82)61-29-35-68(36-30-61)101-48-46-58(8)22-18-20-56(5)6/h25-44,49-58,65H,9-24,45-48H2,1-8H3/t57-,58-/m0/s1. The first-order valence-electron chi connectivity index (χ1n) is 38.2. The van der Waals surface area contributed by atoms with Crippen LogP contribution in [0.3, 0.4) is 0 Å². The van der Waals surface area contributed by atoms with Gasteiger partial charge in [0, 0.05) is 90.6 Å². The smallest absolute Gasteiger partial charge is 0.265 e. The van der Waals surface area contributed by atoms with Gasteiger partial charge >= 0.3 is 0 Å². The Labute approximate surface area is 609 Å². The van der Waals surface area contributed by atoms with Gasteiger partial charge < -0.3 is 23.0 Å². The van der Waals surface area contributed by atoms with Crippen molar-refractivity contribution >= 4 is 72.4 Å². The quantitative estimate of drug-likeness (QED) is 0.0162. The van der Waals surface area contributed by atoms with Crippen LogP contribution in [-0.4, -0.2) is 63.3 Å². The molecule has 0 aliphatic carbocycles. The molecule has 2 atom stereocenters. The molecule has 0 radical (unpaired) electrons. The Bertz CT molecular complexity index is 4800. The van der Waals surface area contributed by atoms with Crippen molar-refractivity contribution in [1.82, 2.24) is 20.4 Å². The highest BCUT2D eigenvalue weighted by Crippen LogP contribution is 2.48. The average molecular weight is 1390 g/mol. The van der Waals surface area contributed by atoms with Crippen LogP contribution in [0.25, 0.3) is 111 Å². The zero-order chi connectivity index (χ0) is 72.1. The molecule has 0 unspecified atom stereocenters. The van der Waals surface area contributed by atoms with Crippen LogP contribution in [0.15, 0.2) is 171 Å². The Morgan fingerprint density at radius 1 is 0.346 bits per heavy atom. The van der Waals surface area contributed by atoms with E-state index < -0.39 is 11.8 Å². The molecule has 2 aliphatic rings. The Kier molecular flexibility index (Phi) is 21.4. The number of imide groups is 2. The average Bonchev–Trinajstić information content (AvgIpc) is 1.56. The van der Waals surface area contributed by atoms with Gasteiger partial charge in [-0.3, -0.25) is 24.1 Å².